The largest absolute Gasteiger partial charge is 0.480 e. The molecular weight excluding hydrogens is 504 g/mol. The molecule has 4 rings (SSSR count). The maximum atomic E-state index is 12.8. The lowest BCUT2D eigenvalue weighted by Crippen LogP contribution is -2.47. The summed E-state index contributed by atoms with van der Waals surface area (Å²) in [5, 5.41) is 27.5. The monoisotopic (exact) mass is 532 g/mol. The van der Waals surface area contributed by atoms with Crippen LogP contribution in [0, 0.1) is 0 Å². The predicted molar refractivity (Wildman–Crippen MR) is 144 cm³/mol. The fourth-order valence-electron chi connectivity index (χ4n) is 4.43. The molecule has 1 saturated heterocycles. The van der Waals surface area contributed by atoms with Crippen molar-refractivity contribution in [2.75, 3.05) is 13.1 Å². The molecule has 1 fully saturated rings. The first kappa shape index (κ1) is 26.9. The number of aliphatic imine (C=N–C) groups is 1. The third-order valence-electron chi connectivity index (χ3n) is 6.29. The van der Waals surface area contributed by atoms with E-state index in [2.05, 4.69) is 22.2 Å². The van der Waals surface area contributed by atoms with Gasteiger partial charge in [-0.3, -0.25) is 29.9 Å². The number of carboxylic acids is 1. The zero-order chi connectivity index (χ0) is 27.1. The Bertz CT molecular complexity index is 1290. The average molecular weight is 533 g/mol. The lowest BCUT2D eigenvalue weighted by atomic mass is 9.82. The summed E-state index contributed by atoms with van der Waals surface area (Å²) in [6.07, 6.45) is 3.07. The maximum Gasteiger partial charge on any atom is 0.325 e. The van der Waals surface area contributed by atoms with E-state index in [1.165, 1.54) is 6.07 Å². The third kappa shape index (κ3) is 5.57. The molecule has 0 unspecified atom stereocenters. The van der Waals surface area contributed by atoms with Gasteiger partial charge in [0.05, 0.1) is 15.8 Å². The van der Waals surface area contributed by atoms with Gasteiger partial charge in [-0.05, 0) is 42.6 Å². The smallest absolute Gasteiger partial charge is 0.325 e. The number of hydrogen-bond donors (Lipinski definition) is 4. The Morgan fingerprint density at radius 2 is 1.66 bits per heavy atom. The van der Waals surface area contributed by atoms with Crippen molar-refractivity contribution in [1.29, 1.82) is 0 Å². The number of imide groups is 1. The number of hydroxylamine groups is 2. The molecule has 10 heteroatoms. The van der Waals surface area contributed by atoms with Crippen LogP contribution in [0.2, 0.25) is 0 Å². The number of hydrogen-bond acceptors (Lipinski definition) is 7. The van der Waals surface area contributed by atoms with Gasteiger partial charge in [0.2, 0.25) is 5.91 Å². The quantitative estimate of drug-likeness (QED) is 0.109. The minimum atomic E-state index is -1.34. The molecule has 3 aromatic rings. The molecule has 1 aliphatic rings. The second kappa shape index (κ2) is 12.0. The van der Waals surface area contributed by atoms with Gasteiger partial charge < -0.3 is 10.4 Å². The molecule has 196 valence electrons. The number of nitrogens with one attached hydrogen (secondary N) is 2. The molecule has 0 bridgehead atoms. The molecule has 2 amide bonds. The first-order chi connectivity index (χ1) is 18.4. The molecule has 0 spiro atoms. The predicted octanol–water partition coefficient (Wildman–Crippen LogP) is 3.41. The Labute approximate surface area is 224 Å². The Balaban J connectivity index is 1.73. The summed E-state index contributed by atoms with van der Waals surface area (Å²) in [6, 6.07) is 20.9. The van der Waals surface area contributed by atoms with Crippen molar-refractivity contribution in [2.24, 2.45) is 4.99 Å². The topological polar surface area (TPSA) is 131 Å². The third-order valence-corrected chi connectivity index (χ3v) is 7.37. The van der Waals surface area contributed by atoms with E-state index in [0.717, 1.165) is 29.4 Å². The molecule has 0 radical (unpaired) electrons. The van der Waals surface area contributed by atoms with Gasteiger partial charge in [0, 0.05) is 0 Å². The number of carbonyl (C=O) groups is 3. The number of benzene rings is 2. The molecule has 0 saturated carbocycles. The molecule has 1 aliphatic heterocycles. The number of rotatable bonds is 9. The van der Waals surface area contributed by atoms with Crippen LogP contribution in [-0.2, 0) is 15.1 Å². The normalized spacial score (nSPS) is 15.6. The molecule has 1 atom stereocenters. The summed E-state index contributed by atoms with van der Waals surface area (Å²) < 4.78 is 0. The number of amidine groups is 1. The fourth-order valence-corrected chi connectivity index (χ4v) is 5.32. The minimum Gasteiger partial charge on any atom is -0.480 e. The van der Waals surface area contributed by atoms with E-state index in [0.29, 0.717) is 22.4 Å². The Morgan fingerprint density at radius 1 is 1.05 bits per heavy atom. The summed E-state index contributed by atoms with van der Waals surface area (Å²) in [4.78, 5) is 41.4. The van der Waals surface area contributed by atoms with Gasteiger partial charge in [0.25, 0.3) is 5.91 Å². The molecule has 2 aromatic carbocycles. The van der Waals surface area contributed by atoms with Crippen molar-refractivity contribution in [1.82, 2.24) is 15.7 Å². The number of amides is 2. The van der Waals surface area contributed by atoms with Crippen LogP contribution in [0.1, 0.15) is 38.5 Å². The molecule has 1 aromatic heterocycles. The van der Waals surface area contributed by atoms with Gasteiger partial charge in [-0.15, -0.1) is 11.3 Å². The lowest BCUT2D eigenvalue weighted by Gasteiger charge is -2.40. The second-order valence-corrected chi connectivity index (χ2v) is 9.76. The van der Waals surface area contributed by atoms with Crippen molar-refractivity contribution < 1.29 is 24.7 Å². The standard InChI is InChI=1S/C28H28N4O5S/c1-2-28(19-10-5-3-6-11-19,20-12-7-4-8-13-20)32(37)25(30-18-24(33)34)22-15-16-23(38-22)27(36)31-26(35)21-14-9-17-29-21/h2-8,10-13,15-16,21,29,37H,1,9,14,17-18H2,(H,33,34)(H,31,35,36)/t21-/m0/s1. The summed E-state index contributed by atoms with van der Waals surface area (Å²) in [7, 11) is 0. The summed E-state index contributed by atoms with van der Waals surface area (Å²) in [5.41, 5.74) is -0.0112. The van der Waals surface area contributed by atoms with Crippen molar-refractivity contribution in [2.45, 2.75) is 24.4 Å². The van der Waals surface area contributed by atoms with Gasteiger partial charge >= 0.3 is 5.97 Å². The van der Waals surface area contributed by atoms with Crippen LogP contribution in [0.4, 0.5) is 0 Å². The van der Waals surface area contributed by atoms with Gasteiger partial charge in [-0.1, -0.05) is 73.3 Å². The summed E-state index contributed by atoms with van der Waals surface area (Å²) in [6.45, 7) is 4.11. The molecular formula is C28H28N4O5S. The molecule has 4 N–H and O–H groups in total. The zero-order valence-corrected chi connectivity index (χ0v) is 21.4. The molecule has 2 heterocycles. The van der Waals surface area contributed by atoms with E-state index in [9.17, 15) is 24.7 Å². The number of aliphatic carboxylic acids is 1. The Hall–Kier alpha value is -4.12. The second-order valence-electron chi connectivity index (χ2n) is 8.68. The van der Waals surface area contributed by atoms with Crippen molar-refractivity contribution >= 4 is 35.0 Å². The zero-order valence-electron chi connectivity index (χ0n) is 20.5. The number of carbonyl (C=O) groups excluding carboxylic acids is 2. The van der Waals surface area contributed by atoms with E-state index in [1.54, 1.807) is 12.1 Å². The maximum absolute atomic E-state index is 12.8. The number of carboxylic acid groups (broad SMARTS) is 1. The van der Waals surface area contributed by atoms with Gasteiger partial charge in [0.1, 0.15) is 12.1 Å². The highest BCUT2D eigenvalue weighted by Gasteiger charge is 2.40. The van der Waals surface area contributed by atoms with Crippen LogP contribution >= 0.6 is 11.3 Å². The van der Waals surface area contributed by atoms with Crippen molar-refractivity contribution in [3.8, 4) is 0 Å². The highest BCUT2D eigenvalue weighted by molar-refractivity contribution is 7.16. The Kier molecular flexibility index (Phi) is 8.47. The van der Waals surface area contributed by atoms with E-state index < -0.39 is 35.9 Å². The van der Waals surface area contributed by atoms with Crippen LogP contribution in [0.3, 0.4) is 0 Å². The lowest BCUT2D eigenvalue weighted by molar-refractivity contribution is -0.135. The average Bonchev–Trinajstić information content (AvgIpc) is 3.64. The summed E-state index contributed by atoms with van der Waals surface area (Å²) >= 11 is 0.986. The van der Waals surface area contributed by atoms with Crippen LogP contribution in [-0.4, -0.2) is 58.1 Å². The van der Waals surface area contributed by atoms with Crippen LogP contribution in [0.5, 0.6) is 0 Å². The molecule has 0 aliphatic carbocycles. The van der Waals surface area contributed by atoms with Crippen molar-refractivity contribution in [3.05, 3.63) is 106 Å². The van der Waals surface area contributed by atoms with Crippen LogP contribution < -0.4 is 10.6 Å². The van der Waals surface area contributed by atoms with E-state index in [4.69, 9.17) is 0 Å². The fraction of sp³-hybridized carbons (Fsp3) is 0.214. The Morgan fingerprint density at radius 3 is 2.18 bits per heavy atom. The minimum absolute atomic E-state index is 0.0622. The van der Waals surface area contributed by atoms with Crippen molar-refractivity contribution in [3.63, 3.8) is 0 Å². The van der Waals surface area contributed by atoms with Gasteiger partial charge in [-0.2, -0.15) is 0 Å². The number of thiophene rings is 1. The highest BCUT2D eigenvalue weighted by atomic mass is 32.1. The molecule has 9 nitrogen and oxygen atoms in total. The van der Waals surface area contributed by atoms with Gasteiger partial charge in [-0.25, -0.2) is 5.06 Å². The van der Waals surface area contributed by atoms with Crippen LogP contribution in [0.15, 0.2) is 90.4 Å². The first-order valence-corrected chi connectivity index (χ1v) is 12.9. The SMILES string of the molecule is C=CC(c1ccccc1)(c1ccccc1)N(O)C(=NCC(=O)O)c1ccc(C(=O)NC(=O)[C@@H]2CCCN2)s1. The van der Waals surface area contributed by atoms with Gasteiger partial charge in [0.15, 0.2) is 5.84 Å². The van der Waals surface area contributed by atoms with E-state index in [-0.39, 0.29) is 10.7 Å². The number of nitrogens with zero attached hydrogens (tertiary/aromatic N) is 2. The van der Waals surface area contributed by atoms with Crippen LogP contribution in [0.25, 0.3) is 0 Å². The first-order valence-electron chi connectivity index (χ1n) is 12.1. The van der Waals surface area contributed by atoms with E-state index >= 15 is 0 Å². The van der Waals surface area contributed by atoms with E-state index in [1.807, 2.05) is 60.7 Å². The molecule has 38 heavy (non-hydrogen) atoms. The highest BCUT2D eigenvalue weighted by Crippen LogP contribution is 2.38. The summed E-state index contributed by atoms with van der Waals surface area (Å²) in [5.74, 6) is -2.23.